The summed E-state index contributed by atoms with van der Waals surface area (Å²) in [5.74, 6) is 0.126. The third-order valence-electron chi connectivity index (χ3n) is 2.71. The quantitative estimate of drug-likeness (QED) is 0.852. The van der Waals surface area contributed by atoms with Gasteiger partial charge in [-0.1, -0.05) is 36.4 Å². The predicted molar refractivity (Wildman–Crippen MR) is 66.2 cm³/mol. The standard InChI is InChI=1S/C14H15NO/c1-10(16)8-14(15)13-7-6-11-4-2-3-5-12(11)9-13/h2-7,9,14H,8,15H2,1H3. The Morgan fingerprint density at radius 1 is 1.19 bits per heavy atom. The van der Waals surface area contributed by atoms with Gasteiger partial charge in [-0.15, -0.1) is 0 Å². The van der Waals surface area contributed by atoms with Gasteiger partial charge in [0.25, 0.3) is 0 Å². The molecule has 2 rings (SSSR count). The number of carbonyl (C=O) groups excluding carboxylic acids is 1. The Hall–Kier alpha value is -1.67. The van der Waals surface area contributed by atoms with E-state index in [-0.39, 0.29) is 11.8 Å². The Morgan fingerprint density at radius 3 is 2.56 bits per heavy atom. The second-order valence-corrected chi connectivity index (χ2v) is 4.12. The van der Waals surface area contributed by atoms with Crippen molar-refractivity contribution in [1.82, 2.24) is 0 Å². The summed E-state index contributed by atoms with van der Waals surface area (Å²) in [6.45, 7) is 1.57. The Kier molecular flexibility index (Phi) is 3.02. The normalized spacial score (nSPS) is 12.6. The van der Waals surface area contributed by atoms with Crippen molar-refractivity contribution in [1.29, 1.82) is 0 Å². The van der Waals surface area contributed by atoms with Crippen LogP contribution in [0.25, 0.3) is 10.8 Å². The van der Waals surface area contributed by atoms with Crippen LogP contribution in [-0.2, 0) is 4.79 Å². The highest BCUT2D eigenvalue weighted by Crippen LogP contribution is 2.20. The van der Waals surface area contributed by atoms with Crippen molar-refractivity contribution in [2.45, 2.75) is 19.4 Å². The second-order valence-electron chi connectivity index (χ2n) is 4.12. The molecular weight excluding hydrogens is 198 g/mol. The van der Waals surface area contributed by atoms with Crippen LogP contribution in [0.4, 0.5) is 0 Å². The van der Waals surface area contributed by atoms with Gasteiger partial charge in [-0.3, -0.25) is 4.79 Å². The molecular formula is C14H15NO. The van der Waals surface area contributed by atoms with E-state index in [1.165, 1.54) is 10.8 Å². The van der Waals surface area contributed by atoms with Gasteiger partial charge in [-0.25, -0.2) is 0 Å². The maximum absolute atomic E-state index is 11.0. The minimum atomic E-state index is -0.192. The van der Waals surface area contributed by atoms with Crippen LogP contribution in [0.1, 0.15) is 24.9 Å². The number of Topliss-reactive ketones (excluding diaryl/α,β-unsaturated/α-hetero) is 1. The van der Waals surface area contributed by atoms with Crippen molar-refractivity contribution in [3.05, 3.63) is 48.0 Å². The Bertz CT molecular complexity index is 519. The molecule has 0 aliphatic heterocycles. The van der Waals surface area contributed by atoms with E-state index in [1.807, 2.05) is 24.3 Å². The van der Waals surface area contributed by atoms with Crippen LogP contribution in [0.15, 0.2) is 42.5 Å². The molecule has 0 bridgehead atoms. The maximum Gasteiger partial charge on any atom is 0.131 e. The van der Waals surface area contributed by atoms with E-state index < -0.39 is 0 Å². The number of carbonyl (C=O) groups is 1. The molecule has 0 spiro atoms. The fourth-order valence-electron chi connectivity index (χ4n) is 1.87. The first kappa shape index (κ1) is 10.8. The summed E-state index contributed by atoms with van der Waals surface area (Å²) in [4.78, 5) is 11.0. The average Bonchev–Trinajstić information content (AvgIpc) is 2.27. The summed E-state index contributed by atoms with van der Waals surface area (Å²) in [6.07, 6.45) is 0.401. The second kappa shape index (κ2) is 4.45. The number of nitrogens with two attached hydrogens (primary N) is 1. The summed E-state index contributed by atoms with van der Waals surface area (Å²) in [5, 5.41) is 2.36. The summed E-state index contributed by atoms with van der Waals surface area (Å²) in [7, 11) is 0. The summed E-state index contributed by atoms with van der Waals surface area (Å²) >= 11 is 0. The molecule has 0 amide bonds. The lowest BCUT2D eigenvalue weighted by Gasteiger charge is -2.10. The summed E-state index contributed by atoms with van der Waals surface area (Å²) in [6, 6.07) is 14.0. The highest BCUT2D eigenvalue weighted by atomic mass is 16.1. The fourth-order valence-corrected chi connectivity index (χ4v) is 1.87. The molecule has 0 heterocycles. The predicted octanol–water partition coefficient (Wildman–Crippen LogP) is 2.82. The fraction of sp³-hybridized carbons (Fsp3) is 0.214. The highest BCUT2D eigenvalue weighted by Gasteiger charge is 2.08. The zero-order valence-electron chi connectivity index (χ0n) is 9.31. The van der Waals surface area contributed by atoms with Crippen LogP contribution in [0, 0.1) is 0 Å². The number of hydrogen-bond donors (Lipinski definition) is 1. The van der Waals surface area contributed by atoms with E-state index in [0.29, 0.717) is 6.42 Å². The van der Waals surface area contributed by atoms with Crippen LogP contribution >= 0.6 is 0 Å². The molecule has 0 aromatic heterocycles. The summed E-state index contributed by atoms with van der Waals surface area (Å²) in [5.41, 5.74) is 6.99. The lowest BCUT2D eigenvalue weighted by molar-refractivity contribution is -0.117. The topological polar surface area (TPSA) is 43.1 Å². The minimum Gasteiger partial charge on any atom is -0.324 e. The minimum absolute atomic E-state index is 0.126. The van der Waals surface area contributed by atoms with E-state index in [4.69, 9.17) is 5.73 Å². The van der Waals surface area contributed by atoms with Gasteiger partial charge in [0.15, 0.2) is 0 Å². The zero-order valence-corrected chi connectivity index (χ0v) is 9.31. The number of benzene rings is 2. The smallest absolute Gasteiger partial charge is 0.131 e. The Balaban J connectivity index is 2.35. The van der Waals surface area contributed by atoms with Crippen LogP contribution in [0.5, 0.6) is 0 Å². The first-order valence-electron chi connectivity index (χ1n) is 5.40. The molecule has 16 heavy (non-hydrogen) atoms. The molecule has 82 valence electrons. The van der Waals surface area contributed by atoms with E-state index in [0.717, 1.165) is 5.56 Å². The third kappa shape index (κ3) is 2.28. The van der Waals surface area contributed by atoms with Crippen molar-refractivity contribution in [3.63, 3.8) is 0 Å². The van der Waals surface area contributed by atoms with E-state index in [2.05, 4.69) is 18.2 Å². The third-order valence-corrected chi connectivity index (χ3v) is 2.71. The van der Waals surface area contributed by atoms with Crippen LogP contribution in [0.3, 0.4) is 0 Å². The molecule has 0 saturated carbocycles. The van der Waals surface area contributed by atoms with E-state index >= 15 is 0 Å². The highest BCUT2D eigenvalue weighted by molar-refractivity contribution is 5.83. The molecule has 2 aromatic rings. The Labute approximate surface area is 95.1 Å². The molecule has 0 aliphatic carbocycles. The first-order chi connectivity index (χ1) is 7.66. The summed E-state index contributed by atoms with van der Waals surface area (Å²) < 4.78 is 0. The van der Waals surface area contributed by atoms with E-state index in [9.17, 15) is 4.79 Å². The maximum atomic E-state index is 11.0. The van der Waals surface area contributed by atoms with Crippen molar-refractivity contribution in [2.24, 2.45) is 5.73 Å². The molecule has 2 N–H and O–H groups in total. The van der Waals surface area contributed by atoms with Crippen molar-refractivity contribution in [2.75, 3.05) is 0 Å². The molecule has 0 fully saturated rings. The molecule has 2 aromatic carbocycles. The van der Waals surface area contributed by atoms with Gasteiger partial charge in [0, 0.05) is 12.5 Å². The molecule has 2 heteroatoms. The first-order valence-corrected chi connectivity index (χ1v) is 5.40. The molecule has 1 unspecified atom stereocenters. The largest absolute Gasteiger partial charge is 0.324 e. The average molecular weight is 213 g/mol. The molecule has 0 saturated heterocycles. The van der Waals surface area contributed by atoms with Gasteiger partial charge in [0.2, 0.25) is 0 Å². The van der Waals surface area contributed by atoms with Crippen LogP contribution < -0.4 is 5.73 Å². The zero-order chi connectivity index (χ0) is 11.5. The molecule has 2 nitrogen and oxygen atoms in total. The van der Waals surface area contributed by atoms with Crippen LogP contribution in [0.2, 0.25) is 0 Å². The van der Waals surface area contributed by atoms with Gasteiger partial charge in [-0.05, 0) is 29.3 Å². The van der Waals surface area contributed by atoms with Gasteiger partial charge >= 0.3 is 0 Å². The molecule has 0 aliphatic rings. The monoisotopic (exact) mass is 213 g/mol. The molecule has 1 atom stereocenters. The Morgan fingerprint density at radius 2 is 1.88 bits per heavy atom. The molecule has 0 radical (unpaired) electrons. The van der Waals surface area contributed by atoms with Crippen molar-refractivity contribution >= 4 is 16.6 Å². The van der Waals surface area contributed by atoms with Gasteiger partial charge in [-0.2, -0.15) is 0 Å². The number of ketones is 1. The lowest BCUT2D eigenvalue weighted by Crippen LogP contribution is -2.13. The lowest BCUT2D eigenvalue weighted by atomic mass is 9.99. The van der Waals surface area contributed by atoms with Gasteiger partial charge < -0.3 is 5.73 Å². The van der Waals surface area contributed by atoms with Crippen LogP contribution in [-0.4, -0.2) is 5.78 Å². The number of rotatable bonds is 3. The van der Waals surface area contributed by atoms with Crippen molar-refractivity contribution in [3.8, 4) is 0 Å². The van der Waals surface area contributed by atoms with Gasteiger partial charge in [0.1, 0.15) is 5.78 Å². The number of hydrogen-bond acceptors (Lipinski definition) is 2. The van der Waals surface area contributed by atoms with E-state index in [1.54, 1.807) is 6.92 Å². The van der Waals surface area contributed by atoms with Gasteiger partial charge in [0.05, 0.1) is 0 Å². The SMILES string of the molecule is CC(=O)CC(N)c1ccc2ccccc2c1. The van der Waals surface area contributed by atoms with Crippen molar-refractivity contribution < 1.29 is 4.79 Å². The number of fused-ring (bicyclic) bond motifs is 1.